The van der Waals surface area contributed by atoms with Crippen LogP contribution in [-0.4, -0.2) is 25.8 Å². The molecule has 2 N–H and O–H groups in total. The van der Waals surface area contributed by atoms with E-state index in [0.29, 0.717) is 17.9 Å². The molecule has 0 heterocycles. The third kappa shape index (κ3) is 3.18. The second-order valence-electron chi connectivity index (χ2n) is 2.20. The van der Waals surface area contributed by atoms with Crippen molar-refractivity contribution in [1.82, 2.24) is 0 Å². The summed E-state index contributed by atoms with van der Waals surface area (Å²) >= 11 is 0. The van der Waals surface area contributed by atoms with Crippen LogP contribution in [0, 0.1) is 0 Å². The number of ether oxygens (including phenoxy) is 1. The van der Waals surface area contributed by atoms with Crippen molar-refractivity contribution in [3.63, 3.8) is 0 Å². The lowest BCUT2D eigenvalue weighted by molar-refractivity contribution is -0.137. The van der Waals surface area contributed by atoms with Crippen LogP contribution in [0.3, 0.4) is 0 Å². The number of hydrogen-bond donors (Lipinski definition) is 1. The van der Waals surface area contributed by atoms with Crippen LogP contribution in [0.25, 0.3) is 0 Å². The van der Waals surface area contributed by atoms with Crippen LogP contribution >= 0.6 is 0 Å². The first kappa shape index (κ1) is 10.7. The summed E-state index contributed by atoms with van der Waals surface area (Å²) in [4.78, 5) is 14.8. The molecular formula is C8H14N2O2. The normalized spacial score (nSPS) is 12.9. The Kier molecular flexibility index (Phi) is 4.76. The van der Waals surface area contributed by atoms with Crippen molar-refractivity contribution in [1.29, 1.82) is 0 Å². The van der Waals surface area contributed by atoms with Crippen molar-refractivity contribution in [2.45, 2.75) is 13.8 Å². The lowest BCUT2D eigenvalue weighted by Crippen LogP contribution is -2.13. The van der Waals surface area contributed by atoms with Gasteiger partial charge in [0.1, 0.15) is 0 Å². The molecule has 0 aromatic heterocycles. The van der Waals surface area contributed by atoms with E-state index in [2.05, 4.69) is 4.99 Å². The molecule has 4 heteroatoms. The average molecular weight is 170 g/mol. The van der Waals surface area contributed by atoms with Gasteiger partial charge in [0.05, 0.1) is 12.2 Å². The number of esters is 1. The molecule has 0 atom stereocenters. The van der Waals surface area contributed by atoms with Crippen molar-refractivity contribution in [3.8, 4) is 0 Å². The van der Waals surface area contributed by atoms with Crippen LogP contribution in [0.4, 0.5) is 0 Å². The second-order valence-corrected chi connectivity index (χ2v) is 2.20. The summed E-state index contributed by atoms with van der Waals surface area (Å²) in [5.41, 5.74) is 6.18. The fourth-order valence-electron chi connectivity index (χ4n) is 0.653. The Morgan fingerprint density at radius 3 is 2.58 bits per heavy atom. The zero-order chi connectivity index (χ0) is 9.56. The van der Waals surface area contributed by atoms with Gasteiger partial charge in [-0.2, -0.15) is 0 Å². The zero-order valence-electron chi connectivity index (χ0n) is 7.63. The molecule has 0 saturated carbocycles. The topological polar surface area (TPSA) is 64.7 Å². The highest BCUT2D eigenvalue weighted by Gasteiger charge is 2.09. The summed E-state index contributed by atoms with van der Waals surface area (Å²) in [6.45, 7) is 3.71. The molecule has 0 saturated heterocycles. The van der Waals surface area contributed by atoms with Crippen molar-refractivity contribution in [2.75, 3.05) is 13.7 Å². The molecule has 0 amide bonds. The minimum absolute atomic E-state index is 0.319. The highest BCUT2D eigenvalue weighted by Crippen LogP contribution is 1.98. The minimum atomic E-state index is -0.428. The Hall–Kier alpha value is -1.32. The van der Waals surface area contributed by atoms with E-state index in [1.165, 1.54) is 6.21 Å². The molecular weight excluding hydrogens is 156 g/mol. The van der Waals surface area contributed by atoms with Gasteiger partial charge < -0.3 is 10.5 Å². The van der Waals surface area contributed by atoms with Gasteiger partial charge in [-0.05, 0) is 13.8 Å². The lowest BCUT2D eigenvalue weighted by Gasteiger charge is -2.02. The second kappa shape index (κ2) is 5.35. The first-order valence-electron chi connectivity index (χ1n) is 3.69. The molecule has 0 radical (unpaired) electrons. The van der Waals surface area contributed by atoms with Gasteiger partial charge in [-0.3, -0.25) is 4.99 Å². The summed E-state index contributed by atoms with van der Waals surface area (Å²) < 4.78 is 4.75. The number of allylic oxidation sites excluding steroid dienone is 1. The maximum atomic E-state index is 11.1. The Morgan fingerprint density at radius 1 is 1.67 bits per heavy atom. The van der Waals surface area contributed by atoms with Gasteiger partial charge in [0.25, 0.3) is 0 Å². The summed E-state index contributed by atoms with van der Waals surface area (Å²) in [6.07, 6.45) is 1.40. The fourth-order valence-corrected chi connectivity index (χ4v) is 0.653. The van der Waals surface area contributed by atoms with Crippen LogP contribution < -0.4 is 5.73 Å². The van der Waals surface area contributed by atoms with Gasteiger partial charge in [-0.15, -0.1) is 0 Å². The molecule has 0 aliphatic heterocycles. The predicted molar refractivity (Wildman–Crippen MR) is 47.9 cm³/mol. The van der Waals surface area contributed by atoms with Crippen LogP contribution in [0.15, 0.2) is 16.3 Å². The quantitative estimate of drug-likeness (QED) is 0.380. The van der Waals surface area contributed by atoms with Crippen molar-refractivity contribution >= 4 is 12.2 Å². The smallest absolute Gasteiger partial charge is 0.341 e. The van der Waals surface area contributed by atoms with E-state index < -0.39 is 5.97 Å². The van der Waals surface area contributed by atoms with Crippen LogP contribution in [-0.2, 0) is 9.53 Å². The molecule has 0 spiro atoms. The Morgan fingerprint density at radius 2 is 2.25 bits per heavy atom. The number of carbonyl (C=O) groups is 1. The number of nitrogens with two attached hydrogens (primary N) is 1. The molecule has 0 fully saturated rings. The Balaban J connectivity index is 4.54. The molecule has 0 unspecified atom stereocenters. The first-order chi connectivity index (χ1) is 5.63. The van der Waals surface area contributed by atoms with E-state index in [1.54, 1.807) is 20.9 Å². The molecule has 0 rings (SSSR count). The number of aliphatic imine (C=N–C) groups is 1. The molecule has 0 aromatic rings. The molecule has 68 valence electrons. The SMILES string of the molecule is CCOC(=O)C(C=NC)=C(C)N. The predicted octanol–water partition coefficient (Wildman–Crippen LogP) is 0.483. The van der Waals surface area contributed by atoms with Gasteiger partial charge in [-0.1, -0.05) is 0 Å². The number of rotatable bonds is 3. The van der Waals surface area contributed by atoms with Gasteiger partial charge in [0, 0.05) is 19.0 Å². The van der Waals surface area contributed by atoms with Gasteiger partial charge in [-0.25, -0.2) is 4.79 Å². The van der Waals surface area contributed by atoms with E-state index in [-0.39, 0.29) is 0 Å². The average Bonchev–Trinajstić information content (AvgIpc) is 1.99. The van der Waals surface area contributed by atoms with Crippen molar-refractivity contribution < 1.29 is 9.53 Å². The van der Waals surface area contributed by atoms with Crippen molar-refractivity contribution in [2.24, 2.45) is 10.7 Å². The molecule has 4 nitrogen and oxygen atoms in total. The van der Waals surface area contributed by atoms with Gasteiger partial charge >= 0.3 is 5.97 Å². The van der Waals surface area contributed by atoms with E-state index in [0.717, 1.165) is 0 Å². The molecule has 12 heavy (non-hydrogen) atoms. The monoisotopic (exact) mass is 170 g/mol. The van der Waals surface area contributed by atoms with Crippen LogP contribution in [0.2, 0.25) is 0 Å². The molecule has 0 aromatic carbocycles. The van der Waals surface area contributed by atoms with Crippen LogP contribution in [0.1, 0.15) is 13.8 Å². The van der Waals surface area contributed by atoms with Crippen LogP contribution in [0.5, 0.6) is 0 Å². The van der Waals surface area contributed by atoms with E-state index >= 15 is 0 Å². The first-order valence-corrected chi connectivity index (χ1v) is 3.69. The number of carbonyl (C=O) groups excluding carboxylic acids is 1. The third-order valence-electron chi connectivity index (χ3n) is 1.18. The summed E-state index contributed by atoms with van der Waals surface area (Å²) in [5.74, 6) is -0.428. The standard InChI is InChI=1S/C8H14N2O2/c1-4-12-8(11)7(5-10-3)6(2)9/h5H,4,9H2,1-3H3. The molecule has 0 aliphatic rings. The molecule has 0 bridgehead atoms. The summed E-state index contributed by atoms with van der Waals surface area (Å²) in [7, 11) is 1.57. The zero-order valence-corrected chi connectivity index (χ0v) is 7.63. The van der Waals surface area contributed by atoms with Gasteiger partial charge in [0.2, 0.25) is 0 Å². The largest absolute Gasteiger partial charge is 0.462 e. The summed E-state index contributed by atoms with van der Waals surface area (Å²) in [6, 6.07) is 0. The maximum Gasteiger partial charge on any atom is 0.341 e. The number of nitrogens with zero attached hydrogens (tertiary/aromatic N) is 1. The lowest BCUT2D eigenvalue weighted by atomic mass is 10.2. The Bertz CT molecular complexity index is 215. The summed E-state index contributed by atoms with van der Waals surface area (Å²) in [5, 5.41) is 0. The van der Waals surface area contributed by atoms with E-state index in [9.17, 15) is 4.79 Å². The fraction of sp³-hybridized carbons (Fsp3) is 0.500. The maximum absolute atomic E-state index is 11.1. The van der Waals surface area contributed by atoms with E-state index in [4.69, 9.17) is 10.5 Å². The molecule has 0 aliphatic carbocycles. The van der Waals surface area contributed by atoms with Crippen molar-refractivity contribution in [3.05, 3.63) is 11.3 Å². The number of hydrogen-bond acceptors (Lipinski definition) is 4. The van der Waals surface area contributed by atoms with E-state index in [1.807, 2.05) is 0 Å². The van der Waals surface area contributed by atoms with Gasteiger partial charge in [0.15, 0.2) is 0 Å². The minimum Gasteiger partial charge on any atom is -0.462 e. The Labute approximate surface area is 72.1 Å². The highest BCUT2D eigenvalue weighted by molar-refractivity contribution is 6.09. The third-order valence-corrected chi connectivity index (χ3v) is 1.18. The highest BCUT2D eigenvalue weighted by atomic mass is 16.5.